The molecule has 1 unspecified atom stereocenters. The molecule has 0 radical (unpaired) electrons. The number of aromatic nitrogens is 3. The number of hydrogen-bond acceptors (Lipinski definition) is 3. The van der Waals surface area contributed by atoms with E-state index in [1.807, 2.05) is 11.1 Å². The Morgan fingerprint density at radius 3 is 3.12 bits per heavy atom. The molecule has 24 heavy (non-hydrogen) atoms. The van der Waals surface area contributed by atoms with Crippen molar-refractivity contribution < 1.29 is 4.79 Å². The fraction of sp³-hybridized carbons (Fsp3) is 0.333. The molecule has 0 spiro atoms. The van der Waals surface area contributed by atoms with Crippen LogP contribution in [0.15, 0.2) is 36.7 Å². The van der Waals surface area contributed by atoms with Crippen LogP contribution in [0.4, 0.5) is 5.69 Å². The van der Waals surface area contributed by atoms with E-state index in [0.29, 0.717) is 12.1 Å². The smallest absolute Gasteiger partial charge is 0.222 e. The van der Waals surface area contributed by atoms with E-state index in [-0.39, 0.29) is 11.8 Å². The molecule has 0 saturated carbocycles. The molecule has 1 atom stereocenters. The first-order valence-corrected chi connectivity index (χ1v) is 8.33. The summed E-state index contributed by atoms with van der Waals surface area (Å²) in [5.74, 6) is 0.484. The van der Waals surface area contributed by atoms with Crippen molar-refractivity contribution in [3.63, 3.8) is 0 Å². The Labute approximate surface area is 140 Å². The van der Waals surface area contributed by atoms with Crippen molar-refractivity contribution in [2.45, 2.75) is 25.2 Å². The van der Waals surface area contributed by atoms with Gasteiger partial charge in [0.15, 0.2) is 0 Å². The van der Waals surface area contributed by atoms with Gasteiger partial charge in [0.05, 0.1) is 17.6 Å². The normalized spacial score (nSPS) is 17.7. The van der Waals surface area contributed by atoms with Crippen LogP contribution >= 0.6 is 0 Å². The minimum Gasteiger partial charge on any atom is -0.396 e. The maximum absolute atomic E-state index is 12.5. The SMILES string of the molecule is Nc1cn[nH]c1C1CCN(C(=O)CCc2ccc3[nH]ccc3c2)C1. The Morgan fingerprint density at radius 1 is 1.38 bits per heavy atom. The van der Waals surface area contributed by atoms with Gasteiger partial charge in [0.25, 0.3) is 0 Å². The number of rotatable bonds is 4. The number of anilines is 1. The molecule has 1 saturated heterocycles. The molecule has 0 aliphatic carbocycles. The number of benzene rings is 1. The number of nitrogens with one attached hydrogen (secondary N) is 2. The molecular weight excluding hydrogens is 302 g/mol. The average Bonchev–Trinajstić information content (AvgIpc) is 3.31. The fourth-order valence-corrected chi connectivity index (χ4v) is 3.52. The summed E-state index contributed by atoms with van der Waals surface area (Å²) in [6, 6.07) is 8.37. The Hall–Kier alpha value is -2.76. The molecule has 4 N–H and O–H groups in total. The number of nitrogens with zero attached hydrogens (tertiary/aromatic N) is 2. The van der Waals surface area contributed by atoms with Crippen LogP contribution in [0.25, 0.3) is 10.9 Å². The highest BCUT2D eigenvalue weighted by molar-refractivity contribution is 5.80. The molecule has 1 aromatic carbocycles. The van der Waals surface area contributed by atoms with Crippen LogP contribution in [0.5, 0.6) is 0 Å². The van der Waals surface area contributed by atoms with Crippen LogP contribution in [0, 0.1) is 0 Å². The number of carbonyl (C=O) groups is 1. The number of hydrogen-bond donors (Lipinski definition) is 3. The molecule has 1 aliphatic heterocycles. The lowest BCUT2D eigenvalue weighted by molar-refractivity contribution is -0.130. The van der Waals surface area contributed by atoms with Crippen molar-refractivity contribution in [3.05, 3.63) is 47.9 Å². The second-order valence-electron chi connectivity index (χ2n) is 6.46. The van der Waals surface area contributed by atoms with E-state index in [1.165, 1.54) is 10.9 Å². The number of amides is 1. The molecule has 6 nitrogen and oxygen atoms in total. The van der Waals surface area contributed by atoms with Gasteiger partial charge in [-0.25, -0.2) is 0 Å². The van der Waals surface area contributed by atoms with Crippen LogP contribution < -0.4 is 5.73 Å². The molecule has 1 fully saturated rings. The largest absolute Gasteiger partial charge is 0.396 e. The van der Waals surface area contributed by atoms with Crippen LogP contribution in [0.3, 0.4) is 0 Å². The third-order valence-electron chi connectivity index (χ3n) is 4.89. The predicted molar refractivity (Wildman–Crippen MR) is 93.6 cm³/mol. The Bertz CT molecular complexity index is 865. The molecule has 3 aromatic rings. The summed E-state index contributed by atoms with van der Waals surface area (Å²) in [4.78, 5) is 17.6. The minimum atomic E-state index is 0.213. The topological polar surface area (TPSA) is 90.8 Å². The number of H-pyrrole nitrogens is 2. The minimum absolute atomic E-state index is 0.213. The first kappa shape index (κ1) is 14.8. The van der Waals surface area contributed by atoms with E-state index in [1.54, 1.807) is 6.20 Å². The Balaban J connectivity index is 1.35. The van der Waals surface area contributed by atoms with E-state index in [9.17, 15) is 4.79 Å². The number of aryl methyl sites for hydroxylation is 1. The third kappa shape index (κ3) is 2.75. The summed E-state index contributed by atoms with van der Waals surface area (Å²) in [5, 5.41) is 8.13. The number of likely N-dealkylation sites (tertiary alicyclic amines) is 1. The monoisotopic (exact) mass is 323 g/mol. The zero-order valence-electron chi connectivity index (χ0n) is 13.5. The van der Waals surface area contributed by atoms with E-state index in [0.717, 1.165) is 37.1 Å². The van der Waals surface area contributed by atoms with Crippen molar-refractivity contribution in [1.29, 1.82) is 0 Å². The van der Waals surface area contributed by atoms with Gasteiger partial charge in [0, 0.05) is 37.1 Å². The average molecular weight is 323 g/mol. The van der Waals surface area contributed by atoms with Gasteiger partial charge in [0.2, 0.25) is 5.91 Å². The van der Waals surface area contributed by atoms with Gasteiger partial charge < -0.3 is 15.6 Å². The van der Waals surface area contributed by atoms with Gasteiger partial charge in [-0.3, -0.25) is 9.89 Å². The van der Waals surface area contributed by atoms with E-state index in [4.69, 9.17) is 5.73 Å². The summed E-state index contributed by atoms with van der Waals surface area (Å²) in [5.41, 5.74) is 9.89. The van der Waals surface area contributed by atoms with Gasteiger partial charge in [-0.1, -0.05) is 6.07 Å². The summed E-state index contributed by atoms with van der Waals surface area (Å²) in [6.07, 6.45) is 5.82. The highest BCUT2D eigenvalue weighted by Crippen LogP contribution is 2.29. The van der Waals surface area contributed by atoms with Crippen molar-refractivity contribution in [3.8, 4) is 0 Å². The molecule has 3 heterocycles. The lowest BCUT2D eigenvalue weighted by Crippen LogP contribution is -2.28. The molecule has 0 bridgehead atoms. The van der Waals surface area contributed by atoms with Crippen LogP contribution in [-0.2, 0) is 11.2 Å². The zero-order chi connectivity index (χ0) is 16.5. The van der Waals surface area contributed by atoms with Crippen molar-refractivity contribution in [2.75, 3.05) is 18.8 Å². The number of aromatic amines is 2. The van der Waals surface area contributed by atoms with Gasteiger partial charge in [0.1, 0.15) is 0 Å². The molecule has 2 aromatic heterocycles. The zero-order valence-corrected chi connectivity index (χ0v) is 13.5. The summed E-state index contributed by atoms with van der Waals surface area (Å²) < 4.78 is 0. The van der Waals surface area contributed by atoms with Crippen molar-refractivity contribution in [2.24, 2.45) is 0 Å². The first-order chi connectivity index (χ1) is 11.7. The standard InChI is InChI=1S/C18H21N5O/c19-15-10-21-22-18(15)14-6-8-23(11-14)17(24)4-2-12-1-3-16-13(9-12)5-7-20-16/h1,3,5,7,9-10,14,20H,2,4,6,8,11,19H2,(H,21,22). The fourth-order valence-electron chi connectivity index (χ4n) is 3.52. The summed E-state index contributed by atoms with van der Waals surface area (Å²) in [7, 11) is 0. The van der Waals surface area contributed by atoms with E-state index >= 15 is 0 Å². The number of fused-ring (bicyclic) bond motifs is 1. The van der Waals surface area contributed by atoms with Crippen LogP contribution in [0.2, 0.25) is 0 Å². The highest BCUT2D eigenvalue weighted by atomic mass is 16.2. The number of nitrogens with two attached hydrogens (primary N) is 1. The number of carbonyl (C=O) groups excluding carboxylic acids is 1. The van der Waals surface area contributed by atoms with Crippen molar-refractivity contribution >= 4 is 22.5 Å². The molecule has 6 heteroatoms. The molecule has 4 rings (SSSR count). The maximum atomic E-state index is 12.5. The van der Waals surface area contributed by atoms with Gasteiger partial charge in [-0.05, 0) is 42.0 Å². The molecule has 1 amide bonds. The second-order valence-corrected chi connectivity index (χ2v) is 6.46. The van der Waals surface area contributed by atoms with Crippen LogP contribution in [0.1, 0.15) is 30.0 Å². The van der Waals surface area contributed by atoms with Gasteiger partial charge in [-0.2, -0.15) is 5.10 Å². The molecule has 1 aliphatic rings. The maximum Gasteiger partial charge on any atom is 0.222 e. The Kier molecular flexibility index (Phi) is 3.72. The van der Waals surface area contributed by atoms with Crippen LogP contribution in [-0.4, -0.2) is 39.1 Å². The first-order valence-electron chi connectivity index (χ1n) is 8.33. The Morgan fingerprint density at radius 2 is 2.29 bits per heavy atom. The van der Waals surface area contributed by atoms with Gasteiger partial charge in [-0.15, -0.1) is 0 Å². The van der Waals surface area contributed by atoms with Crippen molar-refractivity contribution in [1.82, 2.24) is 20.1 Å². The quantitative estimate of drug-likeness (QED) is 0.688. The predicted octanol–water partition coefficient (Wildman–Crippen LogP) is 2.42. The number of nitrogen functional groups attached to an aromatic ring is 1. The summed E-state index contributed by atoms with van der Waals surface area (Å²) in [6.45, 7) is 1.51. The van der Waals surface area contributed by atoms with Gasteiger partial charge >= 0.3 is 0 Å². The highest BCUT2D eigenvalue weighted by Gasteiger charge is 2.29. The summed E-state index contributed by atoms with van der Waals surface area (Å²) >= 11 is 0. The third-order valence-corrected chi connectivity index (χ3v) is 4.89. The van der Waals surface area contributed by atoms with E-state index < -0.39 is 0 Å². The molecular formula is C18H21N5O. The lowest BCUT2D eigenvalue weighted by atomic mass is 10.0. The lowest BCUT2D eigenvalue weighted by Gasteiger charge is -2.16. The van der Waals surface area contributed by atoms with E-state index in [2.05, 4.69) is 39.4 Å². The molecule has 124 valence electrons. The second kappa shape index (κ2) is 6.03.